The molecule has 4 nitrogen and oxygen atoms in total. The maximum atomic E-state index is 12.9. The normalized spacial score (nSPS) is 25.1. The number of piperidine rings is 1. The molecule has 3 rings (SSSR count). The van der Waals surface area contributed by atoms with E-state index in [0.717, 1.165) is 44.8 Å². The van der Waals surface area contributed by atoms with Crippen LogP contribution in [0.2, 0.25) is 0 Å². The maximum Gasteiger partial charge on any atom is 0.231 e. The number of quaternary nitrogens is 1. The Morgan fingerprint density at radius 3 is 2.50 bits per heavy atom. The van der Waals surface area contributed by atoms with Crippen LogP contribution in [0, 0.1) is 5.92 Å². The van der Waals surface area contributed by atoms with E-state index in [4.69, 9.17) is 4.74 Å². The van der Waals surface area contributed by atoms with Crippen LogP contribution in [0.25, 0.3) is 0 Å². The number of ether oxygens (including phenoxy) is 1. The molecule has 132 valence electrons. The summed E-state index contributed by atoms with van der Waals surface area (Å²) in [6, 6.07) is 8.34. The molecule has 2 aliphatic rings. The minimum Gasteiger partial charge on any atom is -0.497 e. The maximum absolute atomic E-state index is 12.9. The molecule has 4 heteroatoms. The Labute approximate surface area is 145 Å². The van der Waals surface area contributed by atoms with Crippen molar-refractivity contribution in [3.05, 3.63) is 29.8 Å². The molecule has 0 aromatic heterocycles. The molecule has 1 N–H and O–H groups in total. The molecule has 0 aliphatic carbocycles. The molecule has 24 heavy (non-hydrogen) atoms. The number of benzene rings is 1. The Kier molecular flexibility index (Phi) is 6.13. The Balaban J connectivity index is 1.55. The van der Waals surface area contributed by atoms with Crippen LogP contribution < -0.4 is 9.64 Å². The molecular formula is C20H31N2O2+. The number of rotatable bonds is 4. The summed E-state index contributed by atoms with van der Waals surface area (Å²) in [5.41, 5.74) is 1.33. The molecule has 1 aromatic rings. The van der Waals surface area contributed by atoms with Gasteiger partial charge in [-0.3, -0.25) is 4.79 Å². The van der Waals surface area contributed by atoms with E-state index >= 15 is 0 Å². The molecule has 1 amide bonds. The van der Waals surface area contributed by atoms with Crippen molar-refractivity contribution in [2.75, 3.05) is 33.3 Å². The second kappa shape index (κ2) is 8.52. The number of nitrogens with one attached hydrogen (secondary N) is 1. The van der Waals surface area contributed by atoms with Gasteiger partial charge in [-0.2, -0.15) is 0 Å². The van der Waals surface area contributed by atoms with Gasteiger partial charge in [-0.05, 0) is 49.9 Å². The number of hydrogen-bond acceptors (Lipinski definition) is 2. The zero-order valence-corrected chi connectivity index (χ0v) is 14.9. The fourth-order valence-corrected chi connectivity index (χ4v) is 4.10. The highest BCUT2D eigenvalue weighted by molar-refractivity contribution is 5.79. The third-order valence-electron chi connectivity index (χ3n) is 5.50. The van der Waals surface area contributed by atoms with Crippen molar-refractivity contribution in [2.45, 2.75) is 45.1 Å². The number of carbonyl (C=O) groups is 1. The van der Waals surface area contributed by atoms with Gasteiger partial charge < -0.3 is 14.5 Å². The van der Waals surface area contributed by atoms with Gasteiger partial charge in [0.2, 0.25) is 5.91 Å². The van der Waals surface area contributed by atoms with E-state index in [-0.39, 0.29) is 5.92 Å². The molecule has 0 radical (unpaired) electrons. The first kappa shape index (κ1) is 17.3. The van der Waals surface area contributed by atoms with Crippen LogP contribution in [-0.4, -0.2) is 44.1 Å². The number of hydrogen-bond donors (Lipinski definition) is 1. The lowest BCUT2D eigenvalue weighted by atomic mass is 9.96. The topological polar surface area (TPSA) is 34.0 Å². The molecule has 1 aromatic carbocycles. The quantitative estimate of drug-likeness (QED) is 0.914. The van der Waals surface area contributed by atoms with Crippen molar-refractivity contribution < 1.29 is 14.4 Å². The summed E-state index contributed by atoms with van der Waals surface area (Å²) in [5.74, 6) is 1.55. The molecule has 2 fully saturated rings. The monoisotopic (exact) mass is 331 g/mol. The fraction of sp³-hybridized carbons (Fsp3) is 0.650. The van der Waals surface area contributed by atoms with E-state index in [9.17, 15) is 4.79 Å². The summed E-state index contributed by atoms with van der Waals surface area (Å²) in [6.45, 7) is 5.12. The zero-order valence-electron chi connectivity index (χ0n) is 14.9. The van der Waals surface area contributed by atoms with E-state index in [1.54, 1.807) is 12.0 Å². The molecule has 2 aliphatic heterocycles. The minimum absolute atomic E-state index is 0.227. The van der Waals surface area contributed by atoms with Crippen molar-refractivity contribution in [1.29, 1.82) is 0 Å². The molecule has 2 saturated heterocycles. The van der Waals surface area contributed by atoms with Crippen LogP contribution in [-0.2, 0) is 11.3 Å². The number of methoxy groups -OCH3 is 1. The number of amides is 1. The van der Waals surface area contributed by atoms with Gasteiger partial charge in [-0.1, -0.05) is 12.8 Å². The van der Waals surface area contributed by atoms with Crippen molar-refractivity contribution in [2.24, 2.45) is 5.92 Å². The molecule has 2 atom stereocenters. The summed E-state index contributed by atoms with van der Waals surface area (Å²) in [4.78, 5) is 16.6. The summed E-state index contributed by atoms with van der Waals surface area (Å²) >= 11 is 0. The summed E-state index contributed by atoms with van der Waals surface area (Å²) in [5, 5.41) is 0. The molecule has 0 spiro atoms. The van der Waals surface area contributed by atoms with Crippen molar-refractivity contribution in [1.82, 2.24) is 4.90 Å². The van der Waals surface area contributed by atoms with Crippen molar-refractivity contribution in [3.8, 4) is 5.75 Å². The predicted molar refractivity (Wildman–Crippen MR) is 95.2 cm³/mol. The first-order valence-electron chi connectivity index (χ1n) is 9.51. The van der Waals surface area contributed by atoms with Crippen molar-refractivity contribution in [3.63, 3.8) is 0 Å². The van der Waals surface area contributed by atoms with Gasteiger partial charge in [0.15, 0.2) is 0 Å². The summed E-state index contributed by atoms with van der Waals surface area (Å²) < 4.78 is 5.23. The minimum atomic E-state index is 0.227. The number of carbonyl (C=O) groups excluding carboxylic acids is 1. The Morgan fingerprint density at radius 1 is 1.12 bits per heavy atom. The van der Waals surface area contributed by atoms with E-state index in [1.165, 1.54) is 37.8 Å². The smallest absolute Gasteiger partial charge is 0.231 e. The summed E-state index contributed by atoms with van der Waals surface area (Å²) in [6.07, 6.45) is 7.16. The van der Waals surface area contributed by atoms with E-state index in [2.05, 4.69) is 17.0 Å². The van der Waals surface area contributed by atoms with Crippen LogP contribution in [0.3, 0.4) is 0 Å². The molecule has 0 saturated carbocycles. The third kappa shape index (κ3) is 4.50. The third-order valence-corrected chi connectivity index (χ3v) is 5.50. The van der Waals surface area contributed by atoms with Crippen molar-refractivity contribution >= 4 is 5.91 Å². The number of nitrogens with zero attached hydrogens (tertiary/aromatic N) is 1. The lowest BCUT2D eigenvalue weighted by Crippen LogP contribution is -3.12. The largest absolute Gasteiger partial charge is 0.497 e. The van der Waals surface area contributed by atoms with Crippen LogP contribution in [0.15, 0.2) is 24.3 Å². The highest BCUT2D eigenvalue weighted by Crippen LogP contribution is 2.17. The standard InChI is InChI=1S/C20H30N2O2/c1-24-19-10-8-17(9-11-19)15-21-12-6-7-18(16-21)20(23)22-13-4-2-3-5-14-22/h8-11,18H,2-7,12-16H2,1H3/p+1/t18-/m0/s1. The van der Waals surface area contributed by atoms with Gasteiger partial charge in [0.1, 0.15) is 12.3 Å². The molecular weight excluding hydrogens is 300 g/mol. The average molecular weight is 331 g/mol. The highest BCUT2D eigenvalue weighted by Gasteiger charge is 2.31. The van der Waals surface area contributed by atoms with Gasteiger partial charge in [-0.25, -0.2) is 0 Å². The lowest BCUT2D eigenvalue weighted by Gasteiger charge is -2.32. The summed E-state index contributed by atoms with van der Waals surface area (Å²) in [7, 11) is 1.70. The Hall–Kier alpha value is -1.55. The Bertz CT molecular complexity index is 521. The highest BCUT2D eigenvalue weighted by atomic mass is 16.5. The van der Waals surface area contributed by atoms with Crippen LogP contribution in [0.5, 0.6) is 5.75 Å². The SMILES string of the molecule is COc1ccc(C[NH+]2CCC[C@H](C(=O)N3CCCCCC3)C2)cc1. The molecule has 2 heterocycles. The van der Waals surface area contributed by atoms with Crippen LogP contribution in [0.1, 0.15) is 44.1 Å². The number of likely N-dealkylation sites (tertiary alicyclic amines) is 2. The first-order valence-corrected chi connectivity index (χ1v) is 9.51. The lowest BCUT2D eigenvalue weighted by molar-refractivity contribution is -0.921. The van der Waals surface area contributed by atoms with E-state index in [1.807, 2.05) is 12.1 Å². The zero-order chi connectivity index (χ0) is 16.8. The van der Waals surface area contributed by atoms with E-state index in [0.29, 0.717) is 5.91 Å². The van der Waals surface area contributed by atoms with E-state index < -0.39 is 0 Å². The fourth-order valence-electron chi connectivity index (χ4n) is 4.10. The average Bonchev–Trinajstić information content (AvgIpc) is 2.91. The van der Waals surface area contributed by atoms with Gasteiger partial charge in [0.05, 0.1) is 26.1 Å². The van der Waals surface area contributed by atoms with Gasteiger partial charge in [0, 0.05) is 18.7 Å². The second-order valence-corrected chi connectivity index (χ2v) is 7.31. The molecule has 1 unspecified atom stereocenters. The van der Waals surface area contributed by atoms with Gasteiger partial charge >= 0.3 is 0 Å². The van der Waals surface area contributed by atoms with Crippen LogP contribution in [0.4, 0.5) is 0 Å². The predicted octanol–water partition coefficient (Wildman–Crippen LogP) is 1.89. The van der Waals surface area contributed by atoms with Gasteiger partial charge in [0.25, 0.3) is 0 Å². The molecule has 0 bridgehead atoms. The van der Waals surface area contributed by atoms with Crippen LogP contribution >= 0.6 is 0 Å². The Morgan fingerprint density at radius 2 is 1.83 bits per heavy atom. The van der Waals surface area contributed by atoms with Gasteiger partial charge in [-0.15, -0.1) is 0 Å². The first-order chi connectivity index (χ1) is 11.8. The second-order valence-electron chi connectivity index (χ2n) is 7.31.